The maximum absolute atomic E-state index is 10.7. The summed E-state index contributed by atoms with van der Waals surface area (Å²) in [5.74, 6) is 9.87. The number of carbonyl (C=O) groups excluding carboxylic acids is 1. The van der Waals surface area contributed by atoms with Crippen LogP contribution in [0.1, 0.15) is 38.5 Å². The maximum atomic E-state index is 10.7. The molecule has 0 aromatic rings. The molecule has 94 valence electrons. The molecule has 1 nitrogen and oxygen atoms in total. The van der Waals surface area contributed by atoms with E-state index in [2.05, 4.69) is 36.8 Å². The molecule has 0 saturated heterocycles. The maximum Gasteiger partial charge on any atom is 0.229 e. The van der Waals surface area contributed by atoms with Crippen LogP contribution in [0.25, 0.3) is 0 Å². The zero-order valence-electron chi connectivity index (χ0n) is 10.9. The predicted octanol–water partition coefficient (Wildman–Crippen LogP) is 3.83. The zero-order valence-corrected chi connectivity index (χ0v) is 10.9. The van der Waals surface area contributed by atoms with Gasteiger partial charge in [-0.2, -0.15) is 0 Å². The van der Waals surface area contributed by atoms with Crippen LogP contribution < -0.4 is 0 Å². The van der Waals surface area contributed by atoms with Crippen molar-refractivity contribution in [2.45, 2.75) is 38.5 Å². The molecule has 0 saturated carbocycles. The molecule has 0 amide bonds. The van der Waals surface area contributed by atoms with Crippen molar-refractivity contribution in [3.8, 4) is 23.7 Å². The molecule has 0 radical (unpaired) electrons. The average molecular weight is 240 g/mol. The Morgan fingerprint density at radius 1 is 1.00 bits per heavy atom. The van der Waals surface area contributed by atoms with Crippen LogP contribution in [0, 0.1) is 23.7 Å². The normalized spacial score (nSPS) is 8.89. The molecule has 0 aliphatic carbocycles. The summed E-state index contributed by atoms with van der Waals surface area (Å²) in [5.41, 5.74) is 0. The van der Waals surface area contributed by atoms with E-state index in [1.54, 1.807) is 6.08 Å². The van der Waals surface area contributed by atoms with E-state index in [0.29, 0.717) is 0 Å². The minimum atomic E-state index is -0.298. The lowest BCUT2D eigenvalue weighted by Crippen LogP contribution is -1.81. The molecule has 0 bridgehead atoms. The fourth-order valence-corrected chi connectivity index (χ4v) is 1.27. The van der Waals surface area contributed by atoms with Gasteiger partial charge in [0.05, 0.1) is 0 Å². The molecule has 0 rings (SSSR count). The molecule has 18 heavy (non-hydrogen) atoms. The first-order chi connectivity index (χ1) is 8.81. The van der Waals surface area contributed by atoms with Gasteiger partial charge in [-0.25, -0.2) is 0 Å². The molecular formula is C17H20O. The number of rotatable bonds is 8. The lowest BCUT2D eigenvalue weighted by molar-refractivity contribution is -0.109. The number of carbonyl (C=O) groups is 1. The Balaban J connectivity index is 3.56. The van der Waals surface area contributed by atoms with Gasteiger partial charge in [0.15, 0.2) is 0 Å². The van der Waals surface area contributed by atoms with Crippen molar-refractivity contribution in [3.05, 3.63) is 37.5 Å². The Morgan fingerprint density at radius 2 is 1.72 bits per heavy atom. The largest absolute Gasteiger partial charge is 0.280 e. The Kier molecular flexibility index (Phi) is 11.6. The van der Waals surface area contributed by atoms with E-state index in [1.807, 2.05) is 12.2 Å². The predicted molar refractivity (Wildman–Crippen MR) is 77.8 cm³/mol. The van der Waals surface area contributed by atoms with Crippen LogP contribution in [0.15, 0.2) is 37.5 Å². The van der Waals surface area contributed by atoms with Crippen LogP contribution in [-0.2, 0) is 4.79 Å². The number of unbranched alkanes of at least 4 members (excludes halogenated alkanes) is 5. The highest BCUT2D eigenvalue weighted by Crippen LogP contribution is 2.05. The summed E-state index contributed by atoms with van der Waals surface area (Å²) < 4.78 is 0. The third-order valence-corrected chi connectivity index (χ3v) is 2.24. The molecule has 0 spiro atoms. The molecule has 0 heterocycles. The summed E-state index contributed by atoms with van der Waals surface area (Å²) in [5, 5.41) is 0. The molecule has 0 fully saturated rings. The van der Waals surface area contributed by atoms with Gasteiger partial charge < -0.3 is 0 Å². The van der Waals surface area contributed by atoms with E-state index >= 15 is 0 Å². The summed E-state index contributed by atoms with van der Waals surface area (Å²) >= 11 is 0. The van der Waals surface area contributed by atoms with Crippen molar-refractivity contribution in [2.24, 2.45) is 0 Å². The van der Waals surface area contributed by atoms with Crippen molar-refractivity contribution >= 4 is 5.78 Å². The Bertz CT molecular complexity index is 404. The minimum Gasteiger partial charge on any atom is -0.280 e. The van der Waals surface area contributed by atoms with Crippen LogP contribution in [0.5, 0.6) is 0 Å². The van der Waals surface area contributed by atoms with Gasteiger partial charge in [0, 0.05) is 0 Å². The molecule has 0 aromatic carbocycles. The molecule has 0 unspecified atom stereocenters. The smallest absolute Gasteiger partial charge is 0.229 e. The van der Waals surface area contributed by atoms with Gasteiger partial charge >= 0.3 is 0 Å². The average Bonchev–Trinajstić information content (AvgIpc) is 2.39. The highest BCUT2D eigenvalue weighted by atomic mass is 16.1. The van der Waals surface area contributed by atoms with Crippen molar-refractivity contribution in [2.75, 3.05) is 0 Å². The highest BCUT2D eigenvalue weighted by molar-refractivity contribution is 6.04. The monoisotopic (exact) mass is 240 g/mol. The Labute approximate surface area is 111 Å². The minimum absolute atomic E-state index is 0.298. The summed E-state index contributed by atoms with van der Waals surface area (Å²) in [6.07, 6.45) is 14.1. The number of ketones is 1. The van der Waals surface area contributed by atoms with Gasteiger partial charge in [-0.3, -0.25) is 4.79 Å². The quantitative estimate of drug-likeness (QED) is 0.207. The van der Waals surface area contributed by atoms with Gasteiger partial charge in [-0.05, 0) is 55.6 Å². The molecule has 0 aromatic heterocycles. The van der Waals surface area contributed by atoms with E-state index < -0.39 is 0 Å². The lowest BCUT2D eigenvalue weighted by atomic mass is 10.1. The van der Waals surface area contributed by atoms with Crippen LogP contribution in [-0.4, -0.2) is 5.78 Å². The first-order valence-electron chi connectivity index (χ1n) is 6.25. The summed E-state index contributed by atoms with van der Waals surface area (Å²) in [6.45, 7) is 7.01. The fourth-order valence-electron chi connectivity index (χ4n) is 1.27. The topological polar surface area (TPSA) is 17.1 Å². The number of allylic oxidation sites excluding steroid dienone is 4. The Morgan fingerprint density at radius 3 is 2.39 bits per heavy atom. The van der Waals surface area contributed by atoms with Crippen molar-refractivity contribution in [1.82, 2.24) is 0 Å². The second kappa shape index (κ2) is 13.1. The van der Waals surface area contributed by atoms with Gasteiger partial charge in [-0.15, -0.1) is 6.58 Å². The molecule has 0 aliphatic heterocycles. The fraction of sp³-hybridized carbons (Fsp3) is 0.353. The van der Waals surface area contributed by atoms with Gasteiger partial charge in [0.1, 0.15) is 0 Å². The summed E-state index contributed by atoms with van der Waals surface area (Å²) in [7, 11) is 0. The van der Waals surface area contributed by atoms with Crippen molar-refractivity contribution in [1.29, 1.82) is 0 Å². The van der Waals surface area contributed by atoms with Crippen molar-refractivity contribution in [3.63, 3.8) is 0 Å². The van der Waals surface area contributed by atoms with Gasteiger partial charge in [0.2, 0.25) is 5.78 Å². The van der Waals surface area contributed by atoms with Crippen LogP contribution >= 0.6 is 0 Å². The summed E-state index contributed by atoms with van der Waals surface area (Å²) in [6, 6.07) is 0. The van der Waals surface area contributed by atoms with Crippen LogP contribution in [0.3, 0.4) is 0 Å². The van der Waals surface area contributed by atoms with E-state index in [1.165, 1.54) is 31.8 Å². The first kappa shape index (κ1) is 16.0. The molecule has 0 atom stereocenters. The van der Waals surface area contributed by atoms with Gasteiger partial charge in [0.25, 0.3) is 0 Å². The molecule has 1 heteroatoms. The second-order valence-electron chi connectivity index (χ2n) is 3.77. The third kappa shape index (κ3) is 12.1. The SMILES string of the molecule is C=CCCCCCCC=CC#CC#CC(=O)C=C. The van der Waals surface area contributed by atoms with Gasteiger partial charge in [-0.1, -0.05) is 37.5 Å². The van der Waals surface area contributed by atoms with E-state index in [4.69, 9.17) is 0 Å². The third-order valence-electron chi connectivity index (χ3n) is 2.24. The first-order valence-corrected chi connectivity index (χ1v) is 6.25. The molecule has 0 N–H and O–H groups in total. The number of hydrogen-bond acceptors (Lipinski definition) is 1. The zero-order chi connectivity index (χ0) is 13.5. The standard InChI is InChI=1S/C17H20O/c1-3-5-6-7-8-9-10-11-12-13-14-15-16-17(18)4-2/h3-4,11-12H,1-2,5-10H2. The van der Waals surface area contributed by atoms with E-state index in [-0.39, 0.29) is 5.78 Å². The Hall–Kier alpha value is -1.99. The van der Waals surface area contributed by atoms with Crippen LogP contribution in [0.4, 0.5) is 0 Å². The van der Waals surface area contributed by atoms with Crippen LogP contribution in [0.2, 0.25) is 0 Å². The molecular weight excluding hydrogens is 220 g/mol. The number of hydrogen-bond donors (Lipinski definition) is 0. The van der Waals surface area contributed by atoms with E-state index in [9.17, 15) is 4.79 Å². The van der Waals surface area contributed by atoms with E-state index in [0.717, 1.165) is 12.8 Å². The second-order valence-corrected chi connectivity index (χ2v) is 3.77. The molecule has 0 aliphatic rings. The summed E-state index contributed by atoms with van der Waals surface area (Å²) in [4.78, 5) is 10.7. The highest BCUT2D eigenvalue weighted by Gasteiger charge is 1.86. The van der Waals surface area contributed by atoms with Crippen molar-refractivity contribution < 1.29 is 4.79 Å². The lowest BCUT2D eigenvalue weighted by Gasteiger charge is -1.95.